The van der Waals surface area contributed by atoms with Crippen molar-refractivity contribution in [1.29, 1.82) is 0 Å². The average molecular weight is 318 g/mol. The summed E-state index contributed by atoms with van der Waals surface area (Å²) in [7, 11) is 0. The maximum Gasteiger partial charge on any atom is 0.573 e. The van der Waals surface area contributed by atoms with Crippen molar-refractivity contribution in [2.24, 2.45) is 0 Å². The second kappa shape index (κ2) is 6.12. The fourth-order valence-electron chi connectivity index (χ4n) is 1.96. The molecular formula is C13H13F3N2O4. The number of halogens is 3. The van der Waals surface area contributed by atoms with Gasteiger partial charge in [0.2, 0.25) is 5.91 Å². The summed E-state index contributed by atoms with van der Waals surface area (Å²) in [5.41, 5.74) is 0.158. The molecule has 1 saturated heterocycles. The van der Waals surface area contributed by atoms with Crippen molar-refractivity contribution in [3.63, 3.8) is 0 Å². The minimum atomic E-state index is -4.82. The van der Waals surface area contributed by atoms with Gasteiger partial charge in [-0.15, -0.1) is 13.2 Å². The zero-order valence-corrected chi connectivity index (χ0v) is 11.4. The van der Waals surface area contributed by atoms with E-state index >= 15 is 0 Å². The van der Waals surface area contributed by atoms with E-state index in [-0.39, 0.29) is 12.1 Å². The minimum Gasteiger partial charge on any atom is -0.444 e. The van der Waals surface area contributed by atoms with Crippen molar-refractivity contribution >= 4 is 12.0 Å². The minimum absolute atomic E-state index is 0.158. The molecule has 1 aromatic carbocycles. The fraction of sp³-hybridized carbons (Fsp3) is 0.385. The number of amides is 2. The molecule has 1 aliphatic rings. The Morgan fingerprint density at radius 2 is 2.09 bits per heavy atom. The first kappa shape index (κ1) is 15.9. The van der Waals surface area contributed by atoms with E-state index in [1.54, 1.807) is 0 Å². The van der Waals surface area contributed by atoms with E-state index in [1.165, 1.54) is 25.1 Å². The smallest absolute Gasteiger partial charge is 0.444 e. The van der Waals surface area contributed by atoms with Crippen molar-refractivity contribution in [2.45, 2.75) is 32.0 Å². The van der Waals surface area contributed by atoms with Gasteiger partial charge in [-0.1, -0.05) is 18.2 Å². The molecule has 120 valence electrons. The highest BCUT2D eigenvalue weighted by Gasteiger charge is 2.36. The standard InChI is InChI=1S/C13H13F3N2O4/c1-7-10(18-12(20)21-7)11(19)17-6-8-4-2-3-5-9(8)22-13(14,15)16/h2-5,7,10H,6H2,1H3,(H,17,19)(H,18,20)/t7-,10-/m1/s1. The van der Waals surface area contributed by atoms with Gasteiger partial charge in [-0.05, 0) is 13.0 Å². The Kier molecular flexibility index (Phi) is 4.43. The summed E-state index contributed by atoms with van der Waals surface area (Å²) in [6.45, 7) is 1.35. The van der Waals surface area contributed by atoms with Gasteiger partial charge in [0.05, 0.1) is 0 Å². The highest BCUT2D eigenvalue weighted by Crippen LogP contribution is 2.26. The number of benzene rings is 1. The molecule has 0 aromatic heterocycles. The molecule has 2 atom stereocenters. The topological polar surface area (TPSA) is 76.7 Å². The summed E-state index contributed by atoms with van der Waals surface area (Å²) in [6, 6.07) is 4.57. The predicted molar refractivity (Wildman–Crippen MR) is 67.8 cm³/mol. The zero-order valence-electron chi connectivity index (χ0n) is 11.4. The van der Waals surface area contributed by atoms with Crippen LogP contribution in [0.4, 0.5) is 18.0 Å². The number of alkyl halides is 3. The molecule has 22 heavy (non-hydrogen) atoms. The van der Waals surface area contributed by atoms with Crippen LogP contribution in [0, 0.1) is 0 Å². The Morgan fingerprint density at radius 3 is 2.68 bits per heavy atom. The number of hydrogen-bond donors (Lipinski definition) is 2. The van der Waals surface area contributed by atoms with E-state index in [4.69, 9.17) is 4.74 Å². The molecule has 1 aromatic rings. The third-order valence-corrected chi connectivity index (χ3v) is 2.97. The SMILES string of the molecule is C[C@H]1OC(=O)N[C@H]1C(=O)NCc1ccccc1OC(F)(F)F. The summed E-state index contributed by atoms with van der Waals surface area (Å²) >= 11 is 0. The number of cyclic esters (lactones) is 1. The monoisotopic (exact) mass is 318 g/mol. The van der Waals surface area contributed by atoms with Gasteiger partial charge in [0.25, 0.3) is 0 Å². The molecule has 1 fully saturated rings. The Morgan fingerprint density at radius 1 is 1.41 bits per heavy atom. The largest absolute Gasteiger partial charge is 0.573 e. The normalized spacial score (nSPS) is 21.0. The molecule has 2 rings (SSSR count). The van der Waals surface area contributed by atoms with E-state index in [1.807, 2.05) is 0 Å². The van der Waals surface area contributed by atoms with Crippen molar-refractivity contribution in [1.82, 2.24) is 10.6 Å². The molecule has 0 radical (unpaired) electrons. The van der Waals surface area contributed by atoms with E-state index in [2.05, 4.69) is 15.4 Å². The molecule has 2 N–H and O–H groups in total. The van der Waals surface area contributed by atoms with Gasteiger partial charge in [-0.2, -0.15) is 0 Å². The summed E-state index contributed by atoms with van der Waals surface area (Å²) in [4.78, 5) is 22.9. The number of alkyl carbamates (subject to hydrolysis) is 1. The Balaban J connectivity index is 2.00. The number of carbonyl (C=O) groups is 2. The maximum atomic E-state index is 12.3. The second-order valence-electron chi connectivity index (χ2n) is 4.61. The van der Waals surface area contributed by atoms with Crippen LogP contribution in [0.2, 0.25) is 0 Å². The van der Waals surface area contributed by atoms with Crippen LogP contribution < -0.4 is 15.4 Å². The molecular weight excluding hydrogens is 305 g/mol. The molecule has 1 aliphatic heterocycles. The van der Waals surface area contributed by atoms with E-state index in [9.17, 15) is 22.8 Å². The lowest BCUT2D eigenvalue weighted by molar-refractivity contribution is -0.274. The van der Waals surface area contributed by atoms with E-state index in [0.717, 1.165) is 6.07 Å². The molecule has 1 heterocycles. The first-order valence-electron chi connectivity index (χ1n) is 6.35. The third-order valence-electron chi connectivity index (χ3n) is 2.97. The molecule has 9 heteroatoms. The van der Waals surface area contributed by atoms with Crippen LogP contribution in [0.5, 0.6) is 5.75 Å². The van der Waals surface area contributed by atoms with Gasteiger partial charge in [-0.3, -0.25) is 4.79 Å². The molecule has 0 bridgehead atoms. The van der Waals surface area contributed by atoms with Crippen LogP contribution in [0.25, 0.3) is 0 Å². The molecule has 0 spiro atoms. The number of hydrogen-bond acceptors (Lipinski definition) is 4. The average Bonchev–Trinajstić information content (AvgIpc) is 2.75. The first-order valence-corrected chi connectivity index (χ1v) is 6.35. The van der Waals surface area contributed by atoms with Gasteiger partial charge in [-0.25, -0.2) is 4.79 Å². The summed E-state index contributed by atoms with van der Waals surface area (Å²) in [6.07, 6.45) is -6.19. The van der Waals surface area contributed by atoms with Crippen LogP contribution in [-0.4, -0.2) is 30.5 Å². The van der Waals surface area contributed by atoms with E-state index in [0.29, 0.717) is 0 Å². The van der Waals surface area contributed by atoms with Crippen LogP contribution in [0.15, 0.2) is 24.3 Å². The molecule has 0 aliphatic carbocycles. The van der Waals surface area contributed by atoms with Crippen molar-refractivity contribution < 1.29 is 32.2 Å². The number of nitrogens with one attached hydrogen (secondary N) is 2. The summed E-state index contributed by atoms with van der Waals surface area (Å²) in [5, 5.41) is 4.75. The third kappa shape index (κ3) is 4.03. The summed E-state index contributed by atoms with van der Waals surface area (Å²) in [5.74, 6) is -0.949. The lowest BCUT2D eigenvalue weighted by Gasteiger charge is -2.15. The van der Waals surface area contributed by atoms with Gasteiger partial charge in [0.15, 0.2) is 0 Å². The number of ether oxygens (including phenoxy) is 2. The number of rotatable bonds is 4. The Bertz CT molecular complexity index is 577. The Hall–Kier alpha value is -2.45. The predicted octanol–water partition coefficient (Wildman–Crippen LogP) is 1.70. The van der Waals surface area contributed by atoms with Gasteiger partial charge in [0, 0.05) is 12.1 Å². The van der Waals surface area contributed by atoms with E-state index < -0.39 is 36.3 Å². The zero-order chi connectivity index (χ0) is 16.3. The Labute approximate surface area is 123 Å². The fourth-order valence-corrected chi connectivity index (χ4v) is 1.96. The highest BCUT2D eigenvalue weighted by molar-refractivity contribution is 5.88. The van der Waals surface area contributed by atoms with Gasteiger partial charge < -0.3 is 20.1 Å². The molecule has 2 amide bonds. The van der Waals surface area contributed by atoms with Crippen molar-refractivity contribution in [3.05, 3.63) is 29.8 Å². The quantitative estimate of drug-likeness (QED) is 0.886. The van der Waals surface area contributed by atoms with Crippen LogP contribution in [0.1, 0.15) is 12.5 Å². The number of para-hydroxylation sites is 1. The van der Waals surface area contributed by atoms with Crippen LogP contribution in [0.3, 0.4) is 0 Å². The lowest BCUT2D eigenvalue weighted by Crippen LogP contribution is -2.45. The highest BCUT2D eigenvalue weighted by atomic mass is 19.4. The first-order chi connectivity index (χ1) is 10.3. The molecule has 0 saturated carbocycles. The van der Waals surface area contributed by atoms with Crippen LogP contribution in [-0.2, 0) is 16.1 Å². The summed E-state index contributed by atoms with van der Waals surface area (Å²) < 4.78 is 45.5. The van der Waals surface area contributed by atoms with Gasteiger partial charge >= 0.3 is 12.5 Å². The second-order valence-corrected chi connectivity index (χ2v) is 4.61. The van der Waals surface area contributed by atoms with Crippen molar-refractivity contribution in [3.8, 4) is 5.75 Å². The maximum absolute atomic E-state index is 12.3. The van der Waals surface area contributed by atoms with Gasteiger partial charge in [0.1, 0.15) is 17.9 Å². The molecule has 6 nitrogen and oxygen atoms in total. The molecule has 0 unspecified atom stereocenters. The van der Waals surface area contributed by atoms with Crippen LogP contribution >= 0.6 is 0 Å². The lowest BCUT2D eigenvalue weighted by atomic mass is 10.1. The number of carbonyl (C=O) groups excluding carboxylic acids is 2. The van der Waals surface area contributed by atoms with Crippen molar-refractivity contribution in [2.75, 3.05) is 0 Å².